The van der Waals surface area contributed by atoms with E-state index in [-0.39, 0.29) is 96.4 Å². The topological polar surface area (TPSA) is 236 Å². The average Bonchev–Trinajstić information content (AvgIpc) is 3.99. The fourth-order valence-electron chi connectivity index (χ4n) is 17.1. The predicted molar refractivity (Wildman–Crippen MR) is 240 cm³/mol. The average molecular weight is 951 g/mol. The Balaban J connectivity index is 0.772. The number of unbranched alkanes of at least 4 members (excludes halogenated alkanes) is 2. The number of carbonyl (C=O) groups excluding carboxylic acids is 5. The van der Waals surface area contributed by atoms with Crippen molar-refractivity contribution in [2.75, 3.05) is 5.75 Å². The van der Waals surface area contributed by atoms with Gasteiger partial charge in [0, 0.05) is 54.1 Å². The maximum absolute atomic E-state index is 14.7. The number of carbonyl (C=O) groups is 5. The number of nitrogens with zero attached hydrogens (tertiary/aromatic N) is 3. The minimum atomic E-state index is -1.96. The lowest BCUT2D eigenvalue weighted by atomic mass is 9.37. The molecular weight excluding hydrogens is 881 g/mol. The van der Waals surface area contributed by atoms with Gasteiger partial charge in [0.15, 0.2) is 11.4 Å². The third-order valence-corrected chi connectivity index (χ3v) is 22.4. The van der Waals surface area contributed by atoms with Crippen LogP contribution in [0, 0.1) is 75.4 Å². The molecular formula is C49H70N6O11S. The van der Waals surface area contributed by atoms with Crippen molar-refractivity contribution in [1.29, 1.82) is 0 Å². The number of ketones is 1. The molecule has 1 aromatic heterocycles. The van der Waals surface area contributed by atoms with Crippen LogP contribution in [0.1, 0.15) is 112 Å². The van der Waals surface area contributed by atoms with Crippen molar-refractivity contribution in [2.45, 2.75) is 179 Å². The first-order valence-corrected chi connectivity index (χ1v) is 26.3. The van der Waals surface area contributed by atoms with E-state index in [1.807, 2.05) is 18.7 Å². The van der Waals surface area contributed by atoms with Gasteiger partial charge in [-0.1, -0.05) is 53.2 Å². The maximum atomic E-state index is 14.7. The van der Waals surface area contributed by atoms with Gasteiger partial charge in [-0.25, -0.2) is 9.59 Å². The van der Waals surface area contributed by atoms with Gasteiger partial charge in [0.25, 0.3) is 0 Å². The highest BCUT2D eigenvalue weighted by Gasteiger charge is 2.92. The molecule has 6 heterocycles. The zero-order valence-corrected chi connectivity index (χ0v) is 40.9. The van der Waals surface area contributed by atoms with Gasteiger partial charge < -0.3 is 45.1 Å². The summed E-state index contributed by atoms with van der Waals surface area (Å²) < 4.78 is 27.2. The normalized spacial score (nSPS) is 51.3. The second kappa shape index (κ2) is 15.6. The molecule has 18 heteroatoms. The van der Waals surface area contributed by atoms with Crippen LogP contribution in [0.15, 0.2) is 6.20 Å². The number of esters is 2. The van der Waals surface area contributed by atoms with Gasteiger partial charge in [0.05, 0.1) is 42.4 Å². The van der Waals surface area contributed by atoms with Gasteiger partial charge in [0.1, 0.15) is 24.0 Å². The Bertz CT molecular complexity index is 2250. The van der Waals surface area contributed by atoms with E-state index >= 15 is 0 Å². The lowest BCUT2D eigenvalue weighted by molar-refractivity contribution is -0.222. The second-order valence-corrected chi connectivity index (χ2v) is 24.7. The summed E-state index contributed by atoms with van der Waals surface area (Å²) in [6.45, 7) is 17.5. The number of thioether (sulfide) groups is 1. The van der Waals surface area contributed by atoms with E-state index in [2.05, 4.69) is 67.8 Å². The molecule has 10 fully saturated rings. The smallest absolute Gasteiger partial charge is 0.341 e. The number of Topliss-reactive ketones (excluding diaryl/α,β-unsaturated/α-hetero) is 1. The van der Waals surface area contributed by atoms with E-state index in [0.717, 1.165) is 25.0 Å². The summed E-state index contributed by atoms with van der Waals surface area (Å²) in [5, 5.41) is 42.6. The Morgan fingerprint density at radius 1 is 0.955 bits per heavy atom. The predicted octanol–water partition coefficient (Wildman–Crippen LogP) is 3.52. The van der Waals surface area contributed by atoms with Crippen molar-refractivity contribution in [3.63, 3.8) is 0 Å². The van der Waals surface area contributed by atoms with Crippen LogP contribution >= 0.6 is 11.8 Å². The van der Waals surface area contributed by atoms with Crippen molar-refractivity contribution in [1.82, 2.24) is 30.9 Å². The van der Waals surface area contributed by atoms with Crippen LogP contribution in [-0.2, 0) is 51.2 Å². The molecule has 5 saturated heterocycles. The summed E-state index contributed by atoms with van der Waals surface area (Å²) in [6.07, 6.45) is 4.14. The summed E-state index contributed by atoms with van der Waals surface area (Å²) in [5.41, 5.74) is -3.68. The highest BCUT2D eigenvalue weighted by Crippen LogP contribution is 2.82. The number of aryl methyl sites for hydroxylation is 1. The summed E-state index contributed by atoms with van der Waals surface area (Å²) in [5.74, 6) is -3.97. The molecule has 5 aliphatic carbocycles. The van der Waals surface area contributed by atoms with Crippen LogP contribution in [0.5, 0.6) is 0 Å². The number of hydrogen-bond acceptors (Lipinski definition) is 14. The Hall–Kier alpha value is -3.32. The van der Waals surface area contributed by atoms with Crippen molar-refractivity contribution in [3.8, 4) is 0 Å². The molecule has 5 N–H and O–H groups in total. The number of epoxide rings is 2. The molecule has 11 rings (SSSR count). The number of nitrogens with one attached hydrogen (secondary N) is 3. The van der Waals surface area contributed by atoms with Crippen LogP contribution in [0.4, 0.5) is 4.79 Å². The lowest BCUT2D eigenvalue weighted by Crippen LogP contribution is -2.69. The van der Waals surface area contributed by atoms with E-state index in [4.69, 9.17) is 18.9 Å². The van der Waals surface area contributed by atoms with Crippen molar-refractivity contribution < 1.29 is 53.1 Å². The highest BCUT2D eigenvalue weighted by molar-refractivity contribution is 8.00. The fraction of sp³-hybridized carbons (Fsp3) is 0.857. The van der Waals surface area contributed by atoms with Crippen LogP contribution in [-0.4, -0.2) is 120 Å². The maximum Gasteiger partial charge on any atom is 0.341 e. The molecule has 0 radical (unpaired) electrons. The van der Waals surface area contributed by atoms with Gasteiger partial charge in [-0.05, 0) is 92.3 Å². The minimum absolute atomic E-state index is 0.0368. The number of urea groups is 1. The lowest BCUT2D eigenvalue weighted by Gasteiger charge is -2.66. The van der Waals surface area contributed by atoms with Crippen molar-refractivity contribution in [3.05, 3.63) is 11.9 Å². The summed E-state index contributed by atoms with van der Waals surface area (Å²) in [7, 11) is 0. The van der Waals surface area contributed by atoms with Crippen LogP contribution in [0.3, 0.4) is 0 Å². The highest BCUT2D eigenvalue weighted by atomic mass is 32.2. The number of amides is 3. The number of hydrogen-bond donors (Lipinski definition) is 5. The number of aromatic nitrogens is 3. The zero-order valence-electron chi connectivity index (χ0n) is 40.1. The molecule has 1 aromatic rings. The molecule has 67 heavy (non-hydrogen) atoms. The van der Waals surface area contributed by atoms with Crippen LogP contribution in [0.25, 0.3) is 0 Å². The zero-order chi connectivity index (χ0) is 47.5. The van der Waals surface area contributed by atoms with Crippen LogP contribution in [0.2, 0.25) is 0 Å². The third-order valence-electron chi connectivity index (χ3n) is 20.9. The summed E-state index contributed by atoms with van der Waals surface area (Å²) >= 11 is 1.87. The van der Waals surface area contributed by atoms with Gasteiger partial charge in [-0.3, -0.25) is 19.1 Å². The van der Waals surface area contributed by atoms with E-state index < -0.39 is 75.6 Å². The van der Waals surface area contributed by atoms with E-state index in [1.165, 1.54) is 6.92 Å². The fourth-order valence-corrected chi connectivity index (χ4v) is 18.6. The molecule has 0 bridgehead atoms. The third kappa shape index (κ3) is 6.28. The molecule has 0 unspecified atom stereocenters. The number of fused-ring (bicyclic) bond motifs is 10. The quantitative estimate of drug-likeness (QED) is 0.0824. The largest absolute Gasteiger partial charge is 0.462 e. The van der Waals surface area contributed by atoms with E-state index in [9.17, 15) is 34.2 Å². The van der Waals surface area contributed by atoms with Crippen molar-refractivity contribution >= 4 is 41.4 Å². The van der Waals surface area contributed by atoms with Gasteiger partial charge in [-0.15, -0.1) is 5.10 Å². The molecule has 5 saturated carbocycles. The molecule has 17 nitrogen and oxygen atoms in total. The SMILES string of the molecule is C[C@H]1[C@H]2[C@@H]([C@H](OC(=O)CCCCn3cc(CNC(=O)CCCC[C@@H]4SC[C@@H]5NC(=O)N[C@@H]54)nn3)[C@H]3[C@H]4[C@H]([C@H](C)[C@H](C)[C@@]32C)[C@]2(C)[C@H](C[C@@H]3O[C@@H]3[C@@H]2C)C(=O)[C@@H]4O)[C@]2(C)[C@]3(OC(=O)[C@@]2(C)O)O[C@H]13. The first-order chi connectivity index (χ1) is 31.7. The molecule has 368 valence electrons. The molecule has 23 atom stereocenters. The number of ether oxygens (including phenoxy) is 4. The van der Waals surface area contributed by atoms with E-state index in [1.54, 1.807) is 10.9 Å². The molecule has 5 aliphatic heterocycles. The Morgan fingerprint density at radius 3 is 2.49 bits per heavy atom. The number of aliphatic hydroxyl groups is 2. The monoisotopic (exact) mass is 950 g/mol. The Labute approximate surface area is 396 Å². The van der Waals surface area contributed by atoms with E-state index in [0.29, 0.717) is 43.2 Å². The molecule has 0 aromatic carbocycles. The minimum Gasteiger partial charge on any atom is -0.462 e. The Kier molecular flexibility index (Phi) is 10.7. The number of aliphatic hydroxyl groups excluding tert-OH is 1. The van der Waals surface area contributed by atoms with Crippen molar-refractivity contribution in [2.24, 2.45) is 75.4 Å². The number of rotatable bonds is 13. The molecule has 3 amide bonds. The van der Waals surface area contributed by atoms with Gasteiger partial charge >= 0.3 is 18.0 Å². The Morgan fingerprint density at radius 2 is 1.72 bits per heavy atom. The first kappa shape index (κ1) is 46.1. The van der Waals surface area contributed by atoms with Gasteiger partial charge in [0.2, 0.25) is 11.7 Å². The summed E-state index contributed by atoms with van der Waals surface area (Å²) in [4.78, 5) is 67.1. The second-order valence-electron chi connectivity index (χ2n) is 23.4. The summed E-state index contributed by atoms with van der Waals surface area (Å²) in [6, 6.07) is 0.268. The first-order valence-electron chi connectivity index (χ1n) is 25.3. The molecule has 10 aliphatic rings. The molecule has 1 spiro atoms. The van der Waals surface area contributed by atoms with Gasteiger partial charge in [-0.2, -0.15) is 11.8 Å². The standard InChI is InChI=1S/C49H70N6O11S/c1-21-23(3)46(6)34-22(2)42-49(65-42)47(7,48(8,62)43(60)66-49)36(34)41(35(46)32-33(21)45(5)24(4)40-28(63-40)17-26(45)38(58)39(32)59)64-31(57)15-11-12-16-55-19-25(53-54-55)18-50-30(56)14-10-9-13-29-37-27(20-67-29)51-44(61)52-37/h19,21-24,26-29,32-37,39-42,59,62H,9-18,20H2,1-8H3,(H,50,56)(H2,51,52,61)/t21-,22+,23+,24+,26-,27+,28+,29+,32-,33+,34+,35-,36+,37+,39-,40-,41-,42-,45+,46-,47+,48-,49+/m1/s1. The van der Waals surface area contributed by atoms with Crippen LogP contribution < -0.4 is 16.0 Å².